The van der Waals surface area contributed by atoms with Gasteiger partial charge in [0.15, 0.2) is 0 Å². The molecule has 0 fully saturated rings. The van der Waals surface area contributed by atoms with Gasteiger partial charge in [-0.2, -0.15) is 5.10 Å². The number of hydrogen-bond acceptors (Lipinski definition) is 3. The van der Waals surface area contributed by atoms with Crippen LogP contribution in [0.15, 0.2) is 35.4 Å². The number of amides is 1. The van der Waals surface area contributed by atoms with Crippen LogP contribution in [0.4, 0.5) is 5.82 Å². The molecule has 0 bridgehead atoms. The van der Waals surface area contributed by atoms with E-state index in [1.807, 2.05) is 37.4 Å². The number of carbonyl (C=O) groups excluding carboxylic acids is 1. The Morgan fingerprint density at radius 1 is 1.44 bits per heavy atom. The number of aromatic amines is 1. The van der Waals surface area contributed by atoms with Crippen molar-refractivity contribution in [2.45, 2.75) is 18.2 Å². The molecular weight excluding hydrogens is 246 g/mol. The van der Waals surface area contributed by atoms with Gasteiger partial charge in [0, 0.05) is 10.5 Å². The highest BCUT2D eigenvalue weighted by atomic mass is 32.2. The molecule has 2 aromatic rings. The van der Waals surface area contributed by atoms with Crippen LogP contribution in [0.3, 0.4) is 0 Å². The second-order valence-electron chi connectivity index (χ2n) is 3.78. The van der Waals surface area contributed by atoms with Gasteiger partial charge in [0.1, 0.15) is 5.82 Å². The zero-order valence-electron chi connectivity index (χ0n) is 10.4. The molecule has 1 heterocycles. The van der Waals surface area contributed by atoms with E-state index >= 15 is 0 Å². The van der Waals surface area contributed by atoms with Crippen LogP contribution in [0.1, 0.15) is 22.8 Å². The van der Waals surface area contributed by atoms with E-state index in [1.54, 1.807) is 18.0 Å². The highest BCUT2D eigenvalue weighted by Crippen LogP contribution is 2.21. The quantitative estimate of drug-likeness (QED) is 0.832. The number of nitrogens with zero attached hydrogens (tertiary/aromatic N) is 1. The van der Waals surface area contributed by atoms with Crippen LogP contribution in [-0.4, -0.2) is 22.4 Å². The van der Waals surface area contributed by atoms with Crippen molar-refractivity contribution in [3.8, 4) is 0 Å². The van der Waals surface area contributed by atoms with Crippen molar-refractivity contribution in [1.82, 2.24) is 10.2 Å². The molecule has 2 rings (SSSR count). The van der Waals surface area contributed by atoms with E-state index < -0.39 is 0 Å². The van der Waals surface area contributed by atoms with Gasteiger partial charge in [-0.1, -0.05) is 19.1 Å². The molecule has 1 aromatic carbocycles. The summed E-state index contributed by atoms with van der Waals surface area (Å²) in [7, 11) is 0. The molecule has 18 heavy (non-hydrogen) atoms. The molecular formula is C13H15N3OS. The predicted octanol–water partition coefficient (Wildman–Crippen LogP) is 2.95. The highest BCUT2D eigenvalue weighted by Gasteiger charge is 2.12. The van der Waals surface area contributed by atoms with Crippen molar-refractivity contribution in [3.63, 3.8) is 0 Å². The first-order chi connectivity index (χ1) is 8.76. The van der Waals surface area contributed by atoms with E-state index in [2.05, 4.69) is 15.5 Å². The third-order valence-electron chi connectivity index (χ3n) is 2.69. The lowest BCUT2D eigenvalue weighted by atomic mass is 10.2. The fourth-order valence-electron chi connectivity index (χ4n) is 1.70. The minimum atomic E-state index is -0.112. The molecule has 0 aliphatic rings. The van der Waals surface area contributed by atoms with Crippen molar-refractivity contribution in [2.24, 2.45) is 0 Å². The van der Waals surface area contributed by atoms with Crippen molar-refractivity contribution in [2.75, 3.05) is 11.6 Å². The van der Waals surface area contributed by atoms with Gasteiger partial charge in [0.05, 0.1) is 11.8 Å². The van der Waals surface area contributed by atoms with Crippen LogP contribution in [0.5, 0.6) is 0 Å². The average molecular weight is 261 g/mol. The maximum absolute atomic E-state index is 12.2. The SMILES string of the molecule is CCc1cn[nH]c1NC(=O)c1ccccc1SC. The molecule has 0 atom stereocenters. The zero-order chi connectivity index (χ0) is 13.0. The molecule has 94 valence electrons. The summed E-state index contributed by atoms with van der Waals surface area (Å²) in [6.45, 7) is 2.02. The molecule has 2 N–H and O–H groups in total. The maximum atomic E-state index is 12.2. The summed E-state index contributed by atoms with van der Waals surface area (Å²) in [5.41, 5.74) is 1.69. The van der Waals surface area contributed by atoms with Crippen molar-refractivity contribution in [3.05, 3.63) is 41.6 Å². The lowest BCUT2D eigenvalue weighted by Crippen LogP contribution is -2.14. The molecule has 1 aromatic heterocycles. The fourth-order valence-corrected chi connectivity index (χ4v) is 2.30. The molecule has 0 aliphatic carbocycles. The van der Waals surface area contributed by atoms with E-state index in [1.165, 1.54) is 0 Å². The topological polar surface area (TPSA) is 57.8 Å². The number of thioether (sulfide) groups is 1. The van der Waals surface area contributed by atoms with Gasteiger partial charge in [0.2, 0.25) is 0 Å². The van der Waals surface area contributed by atoms with Crippen LogP contribution >= 0.6 is 11.8 Å². The lowest BCUT2D eigenvalue weighted by Gasteiger charge is -2.08. The summed E-state index contributed by atoms with van der Waals surface area (Å²) in [5.74, 6) is 0.567. The Balaban J connectivity index is 2.22. The molecule has 5 heteroatoms. The fraction of sp³-hybridized carbons (Fsp3) is 0.231. The maximum Gasteiger partial charge on any atom is 0.257 e. The van der Waals surface area contributed by atoms with Gasteiger partial charge in [-0.25, -0.2) is 0 Å². The largest absolute Gasteiger partial charge is 0.307 e. The third-order valence-corrected chi connectivity index (χ3v) is 3.48. The van der Waals surface area contributed by atoms with Crippen LogP contribution in [0, 0.1) is 0 Å². The molecule has 1 amide bonds. The van der Waals surface area contributed by atoms with Gasteiger partial charge in [0.25, 0.3) is 5.91 Å². The monoisotopic (exact) mass is 261 g/mol. The first-order valence-electron chi connectivity index (χ1n) is 5.72. The van der Waals surface area contributed by atoms with Gasteiger partial charge < -0.3 is 5.32 Å². The van der Waals surface area contributed by atoms with Crippen LogP contribution < -0.4 is 5.32 Å². The molecule has 0 spiro atoms. The summed E-state index contributed by atoms with van der Waals surface area (Å²) < 4.78 is 0. The number of anilines is 1. The van der Waals surface area contributed by atoms with E-state index in [-0.39, 0.29) is 5.91 Å². The number of H-pyrrole nitrogens is 1. The smallest absolute Gasteiger partial charge is 0.257 e. The van der Waals surface area contributed by atoms with Crippen molar-refractivity contribution in [1.29, 1.82) is 0 Å². The number of carbonyl (C=O) groups is 1. The number of nitrogens with one attached hydrogen (secondary N) is 2. The van der Waals surface area contributed by atoms with Crippen molar-refractivity contribution < 1.29 is 4.79 Å². The number of rotatable bonds is 4. The molecule has 4 nitrogen and oxygen atoms in total. The van der Waals surface area contributed by atoms with Gasteiger partial charge >= 0.3 is 0 Å². The van der Waals surface area contributed by atoms with Crippen LogP contribution in [-0.2, 0) is 6.42 Å². The normalized spacial score (nSPS) is 10.3. The summed E-state index contributed by atoms with van der Waals surface area (Å²) in [4.78, 5) is 13.2. The Morgan fingerprint density at radius 2 is 2.22 bits per heavy atom. The number of aryl methyl sites for hydroxylation is 1. The Bertz CT molecular complexity index is 551. The second kappa shape index (κ2) is 5.73. The van der Waals surface area contributed by atoms with E-state index in [0.717, 1.165) is 16.9 Å². The summed E-state index contributed by atoms with van der Waals surface area (Å²) in [6, 6.07) is 7.55. The third kappa shape index (κ3) is 2.56. The van der Waals surface area contributed by atoms with E-state index in [0.29, 0.717) is 11.4 Å². The van der Waals surface area contributed by atoms with Crippen LogP contribution in [0.2, 0.25) is 0 Å². The molecule has 0 unspecified atom stereocenters. The standard InChI is InChI=1S/C13H15N3OS/c1-3-9-8-14-16-12(9)15-13(17)10-6-4-5-7-11(10)18-2/h4-8H,3H2,1-2H3,(H2,14,15,16,17). The van der Waals surface area contributed by atoms with Crippen molar-refractivity contribution >= 4 is 23.5 Å². The first kappa shape index (κ1) is 12.7. The Labute approximate surface area is 110 Å². The number of benzene rings is 1. The van der Waals surface area contributed by atoms with Crippen LogP contribution in [0.25, 0.3) is 0 Å². The van der Waals surface area contributed by atoms with E-state index in [4.69, 9.17) is 0 Å². The summed E-state index contributed by atoms with van der Waals surface area (Å²) in [5, 5.41) is 9.61. The average Bonchev–Trinajstić information content (AvgIpc) is 2.85. The molecule has 0 radical (unpaired) electrons. The molecule has 0 aliphatic heterocycles. The first-order valence-corrected chi connectivity index (χ1v) is 6.95. The summed E-state index contributed by atoms with van der Waals surface area (Å²) in [6.07, 6.45) is 4.52. The van der Waals surface area contributed by atoms with E-state index in [9.17, 15) is 4.79 Å². The van der Waals surface area contributed by atoms with Gasteiger partial charge in [-0.15, -0.1) is 11.8 Å². The molecule has 0 saturated heterocycles. The predicted molar refractivity (Wildman–Crippen MR) is 74.1 cm³/mol. The minimum absolute atomic E-state index is 0.112. The Kier molecular flexibility index (Phi) is 4.04. The zero-order valence-corrected chi connectivity index (χ0v) is 11.2. The second-order valence-corrected chi connectivity index (χ2v) is 4.63. The van der Waals surface area contributed by atoms with Gasteiger partial charge in [-0.05, 0) is 24.8 Å². The Hall–Kier alpha value is -1.75. The minimum Gasteiger partial charge on any atom is -0.307 e. The van der Waals surface area contributed by atoms with Gasteiger partial charge in [-0.3, -0.25) is 9.89 Å². The lowest BCUT2D eigenvalue weighted by molar-refractivity contribution is 0.102. The number of hydrogen-bond donors (Lipinski definition) is 2. The summed E-state index contributed by atoms with van der Waals surface area (Å²) >= 11 is 1.56. The highest BCUT2D eigenvalue weighted by molar-refractivity contribution is 7.98. The molecule has 0 saturated carbocycles. The number of aromatic nitrogens is 2. The Morgan fingerprint density at radius 3 is 2.94 bits per heavy atom.